The summed E-state index contributed by atoms with van der Waals surface area (Å²) in [5, 5.41) is 3.62. The summed E-state index contributed by atoms with van der Waals surface area (Å²) < 4.78 is 13.6. The van der Waals surface area contributed by atoms with Crippen LogP contribution in [0.25, 0.3) is 0 Å². The molecule has 0 radical (unpaired) electrons. The third kappa shape index (κ3) is 3.91. The molecule has 2 aromatic rings. The van der Waals surface area contributed by atoms with Gasteiger partial charge >= 0.3 is 0 Å². The molecule has 0 aliphatic heterocycles. The van der Waals surface area contributed by atoms with Gasteiger partial charge in [0.2, 0.25) is 0 Å². The Morgan fingerprint density at radius 1 is 1.10 bits per heavy atom. The molecule has 0 fully saturated rings. The molecule has 1 N–H and O–H groups in total. The minimum absolute atomic E-state index is 0.129. The van der Waals surface area contributed by atoms with E-state index in [4.69, 9.17) is 0 Å². The Balaban J connectivity index is 2.03. The summed E-state index contributed by atoms with van der Waals surface area (Å²) in [6, 6.07) is 10.9. The summed E-state index contributed by atoms with van der Waals surface area (Å²) in [7, 11) is 0. The Morgan fingerprint density at radius 3 is 2.19 bits per heavy atom. The Morgan fingerprint density at radius 2 is 1.67 bits per heavy atom. The average molecular weight is 350 g/mol. The zero-order chi connectivity index (χ0) is 15.4. The van der Waals surface area contributed by atoms with E-state index in [9.17, 15) is 9.18 Å². The number of aryl methyl sites for hydroxylation is 2. The van der Waals surface area contributed by atoms with Crippen molar-refractivity contribution in [2.24, 2.45) is 0 Å². The number of hydrogen-bond acceptors (Lipinski definition) is 1. The number of benzene rings is 2. The minimum atomic E-state index is -0.185. The van der Waals surface area contributed by atoms with Crippen molar-refractivity contribution in [2.45, 2.75) is 25.7 Å². The van der Waals surface area contributed by atoms with Gasteiger partial charge in [-0.3, -0.25) is 4.79 Å². The van der Waals surface area contributed by atoms with Crippen LogP contribution in [0.5, 0.6) is 0 Å². The zero-order valence-corrected chi connectivity index (χ0v) is 13.6. The van der Waals surface area contributed by atoms with Gasteiger partial charge < -0.3 is 5.32 Å². The molecule has 0 bridgehead atoms. The van der Waals surface area contributed by atoms with Crippen LogP contribution in [0.1, 0.15) is 32.6 Å². The molecule has 2 aromatic carbocycles. The van der Waals surface area contributed by atoms with Crippen LogP contribution < -0.4 is 5.32 Å². The highest BCUT2D eigenvalue weighted by Gasteiger charge is 2.07. The van der Waals surface area contributed by atoms with Crippen molar-refractivity contribution in [1.82, 2.24) is 5.32 Å². The van der Waals surface area contributed by atoms with E-state index in [0.717, 1.165) is 16.5 Å². The van der Waals surface area contributed by atoms with Crippen LogP contribution in [0.15, 0.2) is 36.4 Å². The molecular formula is C17H17BrFNO. The fourth-order valence-electron chi connectivity index (χ4n) is 2.17. The van der Waals surface area contributed by atoms with Crippen molar-refractivity contribution in [1.29, 1.82) is 0 Å². The lowest BCUT2D eigenvalue weighted by atomic mass is 10.1. The molecule has 0 saturated heterocycles. The van der Waals surface area contributed by atoms with Crippen LogP contribution in [0.4, 0.5) is 4.39 Å². The van der Waals surface area contributed by atoms with E-state index in [0.29, 0.717) is 23.2 Å². The quantitative estimate of drug-likeness (QED) is 0.820. The van der Waals surface area contributed by atoms with E-state index < -0.39 is 0 Å². The van der Waals surface area contributed by atoms with Gasteiger partial charge in [-0.2, -0.15) is 0 Å². The molecule has 0 aliphatic carbocycles. The van der Waals surface area contributed by atoms with Crippen molar-refractivity contribution in [3.05, 3.63) is 70.0 Å². The van der Waals surface area contributed by atoms with Crippen LogP contribution in [-0.4, -0.2) is 5.91 Å². The topological polar surface area (TPSA) is 29.1 Å². The van der Waals surface area contributed by atoms with E-state index in [1.165, 1.54) is 0 Å². The number of alkyl halides is 1. The second-order valence-electron chi connectivity index (χ2n) is 5.06. The molecule has 0 spiro atoms. The smallest absolute Gasteiger partial charge is 0.251 e. The first-order valence-corrected chi connectivity index (χ1v) is 7.82. The van der Waals surface area contributed by atoms with Gasteiger partial charge in [0.15, 0.2) is 0 Å². The molecule has 1 amide bonds. The molecule has 110 valence electrons. The van der Waals surface area contributed by atoms with E-state index in [2.05, 4.69) is 21.2 Å². The van der Waals surface area contributed by atoms with Crippen LogP contribution in [-0.2, 0) is 11.9 Å². The zero-order valence-electron chi connectivity index (χ0n) is 12.0. The van der Waals surface area contributed by atoms with Crippen molar-refractivity contribution in [2.75, 3.05) is 0 Å². The molecule has 0 saturated carbocycles. The molecule has 4 heteroatoms. The van der Waals surface area contributed by atoms with Gasteiger partial charge in [0.25, 0.3) is 5.91 Å². The number of nitrogens with one attached hydrogen (secondary N) is 1. The highest BCUT2D eigenvalue weighted by molar-refractivity contribution is 9.08. The second kappa shape index (κ2) is 6.85. The first-order chi connectivity index (χ1) is 10.0. The minimum Gasteiger partial charge on any atom is -0.348 e. The molecule has 0 atom stereocenters. The van der Waals surface area contributed by atoms with Crippen LogP contribution in [0.2, 0.25) is 0 Å². The summed E-state index contributed by atoms with van der Waals surface area (Å²) in [4.78, 5) is 12.1. The standard InChI is InChI=1S/C17H17BrFNO/c1-11-7-14(8-12(2)16(11)19)10-20-17(21)15-5-3-13(9-18)4-6-15/h3-8H,9-10H2,1-2H3,(H,20,21). The number of carbonyl (C=O) groups excluding carboxylic acids is 1. The van der Waals surface area contributed by atoms with Gasteiger partial charge in [-0.15, -0.1) is 0 Å². The summed E-state index contributed by atoms with van der Waals surface area (Å²) >= 11 is 3.37. The van der Waals surface area contributed by atoms with Crippen molar-refractivity contribution in [3.8, 4) is 0 Å². The summed E-state index contributed by atoms with van der Waals surface area (Å²) in [5.74, 6) is -0.314. The molecule has 2 rings (SSSR count). The first-order valence-electron chi connectivity index (χ1n) is 6.70. The predicted molar refractivity (Wildman–Crippen MR) is 86.1 cm³/mol. The lowest BCUT2D eigenvalue weighted by molar-refractivity contribution is 0.0951. The molecule has 0 unspecified atom stereocenters. The summed E-state index contributed by atoms with van der Waals surface area (Å²) in [6.07, 6.45) is 0. The highest BCUT2D eigenvalue weighted by Crippen LogP contribution is 2.15. The van der Waals surface area contributed by atoms with Gasteiger partial charge in [-0.25, -0.2) is 4.39 Å². The van der Waals surface area contributed by atoms with Gasteiger partial charge in [0, 0.05) is 17.4 Å². The van der Waals surface area contributed by atoms with E-state index >= 15 is 0 Å². The van der Waals surface area contributed by atoms with Crippen molar-refractivity contribution in [3.63, 3.8) is 0 Å². The van der Waals surface area contributed by atoms with Gasteiger partial charge in [0.05, 0.1) is 0 Å². The fourth-order valence-corrected chi connectivity index (χ4v) is 2.54. The van der Waals surface area contributed by atoms with E-state index in [1.807, 2.05) is 12.1 Å². The lowest BCUT2D eigenvalue weighted by Crippen LogP contribution is -2.22. The molecule has 0 heterocycles. The molecular weight excluding hydrogens is 333 g/mol. The Kier molecular flexibility index (Phi) is 5.12. The highest BCUT2D eigenvalue weighted by atomic mass is 79.9. The van der Waals surface area contributed by atoms with E-state index in [-0.39, 0.29) is 11.7 Å². The number of amides is 1. The predicted octanol–water partition coefficient (Wildman–Crippen LogP) is 4.27. The van der Waals surface area contributed by atoms with Crippen LogP contribution in [0, 0.1) is 19.7 Å². The van der Waals surface area contributed by atoms with Crippen LogP contribution in [0.3, 0.4) is 0 Å². The second-order valence-corrected chi connectivity index (χ2v) is 5.62. The van der Waals surface area contributed by atoms with E-state index in [1.54, 1.807) is 38.1 Å². The normalized spacial score (nSPS) is 10.5. The lowest BCUT2D eigenvalue weighted by Gasteiger charge is -2.09. The molecule has 0 aromatic heterocycles. The van der Waals surface area contributed by atoms with Gasteiger partial charge in [-0.1, -0.05) is 40.2 Å². The Labute approximate surface area is 132 Å². The largest absolute Gasteiger partial charge is 0.348 e. The third-order valence-electron chi connectivity index (χ3n) is 3.32. The van der Waals surface area contributed by atoms with Crippen molar-refractivity contribution < 1.29 is 9.18 Å². The molecule has 0 aliphatic rings. The van der Waals surface area contributed by atoms with Gasteiger partial charge in [-0.05, 0) is 48.2 Å². The monoisotopic (exact) mass is 349 g/mol. The summed E-state index contributed by atoms with van der Waals surface area (Å²) in [5.41, 5.74) is 3.84. The summed E-state index contributed by atoms with van der Waals surface area (Å²) in [6.45, 7) is 3.85. The number of halogens is 2. The van der Waals surface area contributed by atoms with Gasteiger partial charge in [0.1, 0.15) is 5.82 Å². The maximum absolute atomic E-state index is 13.6. The van der Waals surface area contributed by atoms with Crippen LogP contribution >= 0.6 is 15.9 Å². The molecule has 2 nitrogen and oxygen atoms in total. The fraction of sp³-hybridized carbons (Fsp3) is 0.235. The maximum atomic E-state index is 13.6. The maximum Gasteiger partial charge on any atom is 0.251 e. The Bertz CT molecular complexity index is 629. The SMILES string of the molecule is Cc1cc(CNC(=O)c2ccc(CBr)cc2)cc(C)c1F. The third-order valence-corrected chi connectivity index (χ3v) is 3.97. The number of rotatable bonds is 4. The van der Waals surface area contributed by atoms with Crippen molar-refractivity contribution >= 4 is 21.8 Å². The number of hydrogen-bond donors (Lipinski definition) is 1. The average Bonchev–Trinajstić information content (AvgIpc) is 2.50. The Hall–Kier alpha value is -1.68. The first kappa shape index (κ1) is 15.7. The molecule has 21 heavy (non-hydrogen) atoms. The number of carbonyl (C=O) groups is 1.